The largest absolute Gasteiger partial charge is 0.504 e. The van der Waals surface area contributed by atoms with Gasteiger partial charge in [-0.2, -0.15) is 0 Å². The first-order chi connectivity index (χ1) is 16.4. The monoisotopic (exact) mass is 457 g/mol. The molecule has 0 fully saturated rings. The van der Waals surface area contributed by atoms with Crippen molar-refractivity contribution in [3.8, 4) is 17.2 Å². The molecule has 1 atom stereocenters. The van der Waals surface area contributed by atoms with E-state index in [9.17, 15) is 19.8 Å². The zero-order valence-electron chi connectivity index (χ0n) is 18.6. The number of nitrogens with zero attached hydrogens (tertiary/aromatic N) is 1. The molecule has 1 aliphatic heterocycles. The predicted molar refractivity (Wildman–Crippen MR) is 128 cm³/mol. The highest BCUT2D eigenvalue weighted by molar-refractivity contribution is 6.19. The van der Waals surface area contributed by atoms with Crippen molar-refractivity contribution >= 4 is 23.5 Å². The van der Waals surface area contributed by atoms with Gasteiger partial charge in [-0.05, 0) is 53.6 Å². The first-order valence-electron chi connectivity index (χ1n) is 10.5. The van der Waals surface area contributed by atoms with Gasteiger partial charge in [-0.3, -0.25) is 14.5 Å². The molecule has 1 amide bonds. The Morgan fingerprint density at radius 3 is 2.29 bits per heavy atom. The van der Waals surface area contributed by atoms with Crippen LogP contribution >= 0.6 is 0 Å². The minimum Gasteiger partial charge on any atom is -0.504 e. The second-order valence-electron chi connectivity index (χ2n) is 7.58. The summed E-state index contributed by atoms with van der Waals surface area (Å²) < 4.78 is 10.4. The fourth-order valence-electron chi connectivity index (χ4n) is 3.87. The van der Waals surface area contributed by atoms with Crippen LogP contribution in [0.1, 0.15) is 17.2 Å². The lowest BCUT2D eigenvalue weighted by atomic mass is 9.95. The van der Waals surface area contributed by atoms with Crippen LogP contribution in [0.4, 0.5) is 5.69 Å². The van der Waals surface area contributed by atoms with E-state index in [1.54, 1.807) is 36.4 Å². The Bertz CT molecular complexity index is 1280. The van der Waals surface area contributed by atoms with Crippen LogP contribution in [0.25, 0.3) is 6.08 Å². The molecule has 7 nitrogen and oxygen atoms in total. The molecule has 0 unspecified atom stereocenters. The zero-order valence-corrected chi connectivity index (χ0v) is 18.6. The summed E-state index contributed by atoms with van der Waals surface area (Å²) in [5.74, 6) is -1.16. The summed E-state index contributed by atoms with van der Waals surface area (Å²) in [4.78, 5) is 27.8. The number of aromatic hydroxyl groups is 1. The number of rotatable bonds is 7. The fourth-order valence-corrected chi connectivity index (χ4v) is 3.87. The number of phenols is 1. The summed E-state index contributed by atoms with van der Waals surface area (Å²) in [6, 6.07) is 19.5. The Morgan fingerprint density at radius 2 is 1.65 bits per heavy atom. The number of methoxy groups -OCH3 is 2. The average Bonchev–Trinajstić information content (AvgIpc) is 3.14. The normalized spacial score (nSPS) is 15.8. The fraction of sp³-hybridized carbons (Fsp3) is 0.111. The summed E-state index contributed by atoms with van der Waals surface area (Å²) in [5, 5.41) is 20.8. The van der Waals surface area contributed by atoms with Crippen LogP contribution in [0.15, 0.2) is 90.2 Å². The number of allylic oxidation sites excluding steroid dienone is 1. The SMILES string of the molecule is COc1ccc(N2C(=O)C(O)=C(C(=O)/C=C/c3ccccc3)[C@@H]2c2ccc(O)c(OC)c2)cc1. The number of phenolic OH excluding ortho intramolecular Hbond substituents is 1. The van der Waals surface area contributed by atoms with Crippen molar-refractivity contribution in [3.63, 3.8) is 0 Å². The molecule has 0 aromatic heterocycles. The summed E-state index contributed by atoms with van der Waals surface area (Å²) in [5.41, 5.74) is 1.68. The number of aliphatic hydroxyl groups is 1. The van der Waals surface area contributed by atoms with Gasteiger partial charge in [0.2, 0.25) is 0 Å². The number of benzene rings is 3. The van der Waals surface area contributed by atoms with Crippen LogP contribution in [-0.4, -0.2) is 36.1 Å². The van der Waals surface area contributed by atoms with E-state index in [0.717, 1.165) is 5.56 Å². The maximum absolute atomic E-state index is 13.3. The van der Waals surface area contributed by atoms with Gasteiger partial charge in [0.25, 0.3) is 5.91 Å². The molecule has 7 heteroatoms. The van der Waals surface area contributed by atoms with Gasteiger partial charge in [0, 0.05) is 5.69 Å². The van der Waals surface area contributed by atoms with Crippen molar-refractivity contribution in [2.75, 3.05) is 19.1 Å². The number of ether oxygens (including phenoxy) is 2. The molecule has 4 rings (SSSR count). The number of carbonyl (C=O) groups is 2. The molecular formula is C27H23NO6. The molecule has 172 valence electrons. The van der Waals surface area contributed by atoms with Crippen molar-refractivity contribution in [1.29, 1.82) is 0 Å². The van der Waals surface area contributed by atoms with E-state index in [4.69, 9.17) is 9.47 Å². The molecule has 0 bridgehead atoms. The number of anilines is 1. The van der Waals surface area contributed by atoms with Gasteiger partial charge in [0.1, 0.15) is 5.75 Å². The zero-order chi connectivity index (χ0) is 24.2. The predicted octanol–water partition coefficient (Wildman–Crippen LogP) is 4.59. The van der Waals surface area contributed by atoms with Crippen LogP contribution in [0.3, 0.4) is 0 Å². The van der Waals surface area contributed by atoms with Crippen LogP contribution in [0.5, 0.6) is 17.2 Å². The number of hydrogen-bond donors (Lipinski definition) is 2. The second kappa shape index (κ2) is 9.54. The van der Waals surface area contributed by atoms with E-state index in [2.05, 4.69) is 0 Å². The number of carbonyl (C=O) groups excluding carboxylic acids is 2. The Hall–Kier alpha value is -4.52. The van der Waals surface area contributed by atoms with Gasteiger partial charge in [-0.15, -0.1) is 0 Å². The summed E-state index contributed by atoms with van der Waals surface area (Å²) in [7, 11) is 2.94. The molecule has 0 aliphatic carbocycles. The highest BCUT2D eigenvalue weighted by atomic mass is 16.5. The average molecular weight is 457 g/mol. The molecule has 0 spiro atoms. The van der Waals surface area contributed by atoms with Gasteiger partial charge >= 0.3 is 0 Å². The van der Waals surface area contributed by atoms with Gasteiger partial charge < -0.3 is 19.7 Å². The summed E-state index contributed by atoms with van der Waals surface area (Å²) in [6.07, 6.45) is 2.95. The Labute approximate surface area is 196 Å². The van der Waals surface area contributed by atoms with Gasteiger partial charge in [0.15, 0.2) is 23.0 Å². The van der Waals surface area contributed by atoms with E-state index in [1.165, 1.54) is 37.3 Å². The maximum Gasteiger partial charge on any atom is 0.294 e. The third kappa shape index (κ3) is 4.23. The third-order valence-corrected chi connectivity index (χ3v) is 5.57. The highest BCUT2D eigenvalue weighted by Gasteiger charge is 2.44. The summed E-state index contributed by atoms with van der Waals surface area (Å²) in [6.45, 7) is 0. The van der Waals surface area contributed by atoms with Crippen LogP contribution in [-0.2, 0) is 9.59 Å². The molecule has 34 heavy (non-hydrogen) atoms. The maximum atomic E-state index is 13.3. The molecular weight excluding hydrogens is 434 g/mol. The van der Waals surface area contributed by atoms with E-state index < -0.39 is 23.5 Å². The Balaban J connectivity index is 1.81. The van der Waals surface area contributed by atoms with Crippen molar-refractivity contribution in [2.45, 2.75) is 6.04 Å². The second-order valence-corrected chi connectivity index (χ2v) is 7.58. The smallest absolute Gasteiger partial charge is 0.294 e. The lowest BCUT2D eigenvalue weighted by molar-refractivity contribution is -0.117. The topological polar surface area (TPSA) is 96.3 Å². The van der Waals surface area contributed by atoms with Crippen molar-refractivity contribution in [2.24, 2.45) is 0 Å². The molecule has 2 N–H and O–H groups in total. The first kappa shape index (κ1) is 22.7. The first-order valence-corrected chi connectivity index (χ1v) is 10.5. The van der Waals surface area contributed by atoms with E-state index in [1.807, 2.05) is 30.3 Å². The molecule has 0 radical (unpaired) electrons. The van der Waals surface area contributed by atoms with Crippen molar-refractivity contribution in [1.82, 2.24) is 0 Å². The molecule has 0 saturated heterocycles. The molecule has 3 aromatic rings. The quantitative estimate of drug-likeness (QED) is 0.504. The van der Waals surface area contributed by atoms with Crippen LogP contribution in [0.2, 0.25) is 0 Å². The van der Waals surface area contributed by atoms with Gasteiger partial charge in [-0.25, -0.2) is 0 Å². The van der Waals surface area contributed by atoms with E-state index in [0.29, 0.717) is 17.0 Å². The number of aliphatic hydroxyl groups excluding tert-OH is 1. The van der Waals surface area contributed by atoms with Gasteiger partial charge in [0.05, 0.1) is 25.8 Å². The number of amides is 1. The van der Waals surface area contributed by atoms with Crippen LogP contribution < -0.4 is 14.4 Å². The lowest BCUT2D eigenvalue weighted by Gasteiger charge is -2.27. The number of ketones is 1. The molecule has 1 aliphatic rings. The van der Waals surface area contributed by atoms with Crippen molar-refractivity contribution < 1.29 is 29.3 Å². The van der Waals surface area contributed by atoms with E-state index >= 15 is 0 Å². The minimum atomic E-state index is -0.941. The molecule has 3 aromatic carbocycles. The standard InChI is InChI=1S/C27H23NO6/c1-33-20-12-10-19(11-13-20)28-25(18-9-15-21(29)23(16-18)34-2)24(26(31)27(28)32)22(30)14-8-17-6-4-3-5-7-17/h3-16,25,29,31H,1-2H3/b14-8+/t25-/m0/s1. The van der Waals surface area contributed by atoms with Gasteiger partial charge in [-0.1, -0.05) is 42.5 Å². The minimum absolute atomic E-state index is 0.0688. The molecule has 0 saturated carbocycles. The Morgan fingerprint density at radius 1 is 0.941 bits per heavy atom. The van der Waals surface area contributed by atoms with E-state index in [-0.39, 0.29) is 17.1 Å². The summed E-state index contributed by atoms with van der Waals surface area (Å²) >= 11 is 0. The van der Waals surface area contributed by atoms with Crippen LogP contribution in [0, 0.1) is 0 Å². The lowest BCUT2D eigenvalue weighted by Crippen LogP contribution is -2.30. The highest BCUT2D eigenvalue weighted by Crippen LogP contribution is 2.43. The number of hydrogen-bond acceptors (Lipinski definition) is 6. The third-order valence-electron chi connectivity index (χ3n) is 5.57. The van der Waals surface area contributed by atoms with Crippen molar-refractivity contribution in [3.05, 3.63) is 101 Å². The molecule has 1 heterocycles. The Kier molecular flexibility index (Phi) is 6.36.